The van der Waals surface area contributed by atoms with Crippen molar-refractivity contribution in [2.24, 2.45) is 5.73 Å². The quantitative estimate of drug-likeness (QED) is 0.659. The van der Waals surface area contributed by atoms with Crippen LogP contribution in [0.15, 0.2) is 42.0 Å². The number of hydrogen-bond donors (Lipinski definition) is 2. The lowest BCUT2D eigenvalue weighted by Crippen LogP contribution is -2.47. The van der Waals surface area contributed by atoms with E-state index >= 15 is 0 Å². The van der Waals surface area contributed by atoms with Gasteiger partial charge < -0.3 is 20.7 Å². The monoisotopic (exact) mass is 416 g/mol. The van der Waals surface area contributed by atoms with Gasteiger partial charge in [0.1, 0.15) is 24.3 Å². The summed E-state index contributed by atoms with van der Waals surface area (Å²) in [5, 5.41) is 4.00. The number of hydroxylamine groups is 2. The first kappa shape index (κ1) is 21.6. The number of nitrogens with zero attached hydrogens (tertiary/aromatic N) is 2. The van der Waals surface area contributed by atoms with Crippen molar-refractivity contribution >= 4 is 18.0 Å². The van der Waals surface area contributed by atoms with Gasteiger partial charge in [-0.1, -0.05) is 36.4 Å². The molecular formula is C21H28N4O5. The van der Waals surface area contributed by atoms with Gasteiger partial charge in [-0.3, -0.25) is 9.63 Å². The largest absolute Gasteiger partial charge is 0.444 e. The van der Waals surface area contributed by atoms with Gasteiger partial charge in [-0.15, -0.1) is 0 Å². The van der Waals surface area contributed by atoms with E-state index in [1.54, 1.807) is 26.8 Å². The summed E-state index contributed by atoms with van der Waals surface area (Å²) in [6, 6.07) is 7.91. The van der Waals surface area contributed by atoms with Crippen LogP contribution in [-0.2, 0) is 21.0 Å². The fourth-order valence-corrected chi connectivity index (χ4v) is 3.47. The number of hydrogen-bond acceptors (Lipinski definition) is 5. The number of benzene rings is 1. The number of carbonyl (C=O) groups excluding carboxylic acids is 3. The first-order valence-corrected chi connectivity index (χ1v) is 9.89. The molecule has 9 nitrogen and oxygen atoms in total. The molecular weight excluding hydrogens is 388 g/mol. The van der Waals surface area contributed by atoms with Gasteiger partial charge in [-0.25, -0.2) is 9.59 Å². The van der Waals surface area contributed by atoms with Gasteiger partial charge >= 0.3 is 12.1 Å². The molecule has 2 atom stereocenters. The van der Waals surface area contributed by atoms with E-state index in [2.05, 4.69) is 5.32 Å². The number of rotatable bonds is 7. The molecule has 9 heteroatoms. The summed E-state index contributed by atoms with van der Waals surface area (Å²) in [7, 11) is 0. The van der Waals surface area contributed by atoms with E-state index in [4.69, 9.17) is 15.3 Å². The van der Waals surface area contributed by atoms with Crippen molar-refractivity contribution in [2.45, 2.75) is 51.5 Å². The number of ether oxygens (including phenoxy) is 1. The van der Waals surface area contributed by atoms with Crippen LogP contribution >= 0.6 is 0 Å². The van der Waals surface area contributed by atoms with Gasteiger partial charge in [0, 0.05) is 6.54 Å². The van der Waals surface area contributed by atoms with E-state index < -0.39 is 29.7 Å². The highest BCUT2D eigenvalue weighted by atomic mass is 16.7. The Balaban J connectivity index is 1.67. The molecule has 1 saturated heterocycles. The summed E-state index contributed by atoms with van der Waals surface area (Å²) >= 11 is 0. The maximum atomic E-state index is 12.8. The zero-order valence-electron chi connectivity index (χ0n) is 17.5. The second kappa shape index (κ2) is 8.74. The molecule has 1 aromatic carbocycles. The third kappa shape index (κ3) is 5.10. The van der Waals surface area contributed by atoms with Gasteiger partial charge in [-0.2, -0.15) is 5.06 Å². The topological polar surface area (TPSA) is 114 Å². The lowest BCUT2D eigenvalue weighted by atomic mass is 9.97. The molecule has 2 aliphatic rings. The van der Waals surface area contributed by atoms with E-state index in [1.807, 2.05) is 30.3 Å². The van der Waals surface area contributed by atoms with Crippen LogP contribution < -0.4 is 11.1 Å². The van der Waals surface area contributed by atoms with Gasteiger partial charge in [0.15, 0.2) is 0 Å². The van der Waals surface area contributed by atoms with Crippen LogP contribution in [0.5, 0.6) is 0 Å². The van der Waals surface area contributed by atoms with Crippen molar-refractivity contribution in [1.29, 1.82) is 0 Å². The fourth-order valence-electron chi connectivity index (χ4n) is 3.47. The molecule has 4 amide bonds. The van der Waals surface area contributed by atoms with Crippen molar-refractivity contribution in [1.82, 2.24) is 15.3 Å². The van der Waals surface area contributed by atoms with Crippen LogP contribution in [0.3, 0.4) is 0 Å². The summed E-state index contributed by atoms with van der Waals surface area (Å²) in [5.41, 5.74) is 6.65. The molecule has 162 valence electrons. The molecule has 30 heavy (non-hydrogen) atoms. The van der Waals surface area contributed by atoms with Crippen LogP contribution in [-0.4, -0.2) is 58.8 Å². The van der Waals surface area contributed by atoms with Crippen LogP contribution in [0.4, 0.5) is 9.59 Å². The Morgan fingerprint density at radius 2 is 1.93 bits per heavy atom. The minimum absolute atomic E-state index is 0.224. The molecule has 0 aromatic heterocycles. The zero-order valence-corrected chi connectivity index (χ0v) is 17.5. The number of carbonyl (C=O) groups is 3. The molecule has 2 aliphatic heterocycles. The Hall–Kier alpha value is -3.07. The Morgan fingerprint density at radius 1 is 1.23 bits per heavy atom. The summed E-state index contributed by atoms with van der Waals surface area (Å²) < 4.78 is 5.23. The Morgan fingerprint density at radius 3 is 2.57 bits per heavy atom. The predicted octanol–water partition coefficient (Wildman–Crippen LogP) is 1.93. The van der Waals surface area contributed by atoms with Gasteiger partial charge in [-0.05, 0) is 38.3 Å². The summed E-state index contributed by atoms with van der Waals surface area (Å²) in [6.45, 7) is 6.18. The van der Waals surface area contributed by atoms with Crippen molar-refractivity contribution in [2.75, 3.05) is 13.1 Å². The average molecular weight is 416 g/mol. The normalized spacial score (nSPS) is 20.8. The maximum Gasteiger partial charge on any atom is 0.407 e. The van der Waals surface area contributed by atoms with Gasteiger partial charge in [0.05, 0.1) is 6.54 Å². The highest BCUT2D eigenvalue weighted by Gasteiger charge is 2.47. The molecule has 3 N–H and O–H groups in total. The Bertz CT molecular complexity index is 834. The highest BCUT2D eigenvalue weighted by Crippen LogP contribution is 2.32. The van der Waals surface area contributed by atoms with Crippen molar-refractivity contribution in [3.63, 3.8) is 0 Å². The molecule has 0 radical (unpaired) electrons. The molecule has 0 saturated carbocycles. The highest BCUT2D eigenvalue weighted by molar-refractivity contribution is 5.90. The lowest BCUT2D eigenvalue weighted by molar-refractivity contribution is -0.133. The van der Waals surface area contributed by atoms with Crippen molar-refractivity contribution in [3.8, 4) is 0 Å². The number of urea groups is 1. The number of nitrogens with two attached hydrogens (primary N) is 1. The smallest absolute Gasteiger partial charge is 0.407 e. The molecule has 3 rings (SSSR count). The van der Waals surface area contributed by atoms with Gasteiger partial charge in [0.25, 0.3) is 0 Å². The van der Waals surface area contributed by atoms with Crippen molar-refractivity contribution in [3.05, 3.63) is 47.5 Å². The van der Waals surface area contributed by atoms with Crippen LogP contribution in [0.1, 0.15) is 32.8 Å². The maximum absolute atomic E-state index is 12.8. The third-order valence-electron chi connectivity index (χ3n) is 4.81. The summed E-state index contributed by atoms with van der Waals surface area (Å²) in [4.78, 5) is 43.8. The second-order valence-corrected chi connectivity index (χ2v) is 8.30. The van der Waals surface area contributed by atoms with E-state index in [9.17, 15) is 14.4 Å². The van der Waals surface area contributed by atoms with E-state index in [-0.39, 0.29) is 12.6 Å². The Labute approximate surface area is 175 Å². The van der Waals surface area contributed by atoms with E-state index in [0.29, 0.717) is 19.5 Å². The Kier molecular flexibility index (Phi) is 6.31. The molecule has 0 spiro atoms. The first-order chi connectivity index (χ1) is 14.2. The molecule has 2 bridgehead atoms. The minimum atomic E-state index is -0.837. The van der Waals surface area contributed by atoms with E-state index in [0.717, 1.165) is 11.1 Å². The second-order valence-electron chi connectivity index (χ2n) is 8.30. The standard InChI is InChI=1S/C21H28N4O5/c1-21(2,3)30-19(27)23-10-9-15-11-16(18(22)26)24-12-17(15)25(20(24)28)29-13-14-7-5-4-6-8-14/h4-8,11,16-17H,9-10,12-13H2,1-3H3,(H2,22,26)(H,23,27). The number of primary amides is 1. The molecule has 1 fully saturated rings. The molecule has 0 aliphatic carbocycles. The summed E-state index contributed by atoms with van der Waals surface area (Å²) in [6.07, 6.45) is 1.60. The SMILES string of the molecule is CC(C)(C)OC(=O)NCCC1=CC(C(N)=O)N2CC1N(OCc1ccccc1)C2=O. The van der Waals surface area contributed by atoms with Crippen molar-refractivity contribution < 1.29 is 24.0 Å². The van der Waals surface area contributed by atoms with Crippen LogP contribution in [0, 0.1) is 0 Å². The molecule has 2 unspecified atom stereocenters. The van der Waals surface area contributed by atoms with Gasteiger partial charge in [0.2, 0.25) is 5.91 Å². The minimum Gasteiger partial charge on any atom is -0.444 e. The zero-order chi connectivity index (χ0) is 21.9. The third-order valence-corrected chi connectivity index (χ3v) is 4.81. The fraction of sp³-hybridized carbons (Fsp3) is 0.476. The lowest BCUT2D eigenvalue weighted by Gasteiger charge is -2.28. The molecule has 1 aromatic rings. The number of alkyl carbamates (subject to hydrolysis) is 1. The van der Waals surface area contributed by atoms with E-state index in [1.165, 1.54) is 9.96 Å². The summed E-state index contributed by atoms with van der Waals surface area (Å²) in [5.74, 6) is -0.607. The predicted molar refractivity (Wildman–Crippen MR) is 109 cm³/mol. The van der Waals surface area contributed by atoms with Crippen LogP contribution in [0.25, 0.3) is 0 Å². The number of fused-ring (bicyclic) bond motifs is 2. The first-order valence-electron chi connectivity index (χ1n) is 9.89. The number of amides is 4. The van der Waals surface area contributed by atoms with Crippen LogP contribution in [0.2, 0.25) is 0 Å². The molecule has 2 heterocycles. The average Bonchev–Trinajstić information content (AvgIpc) is 2.93. The number of nitrogens with one attached hydrogen (secondary N) is 1.